The highest BCUT2D eigenvalue weighted by atomic mass is 16.5. The van der Waals surface area contributed by atoms with Crippen LogP contribution in [0.5, 0.6) is 0 Å². The first-order chi connectivity index (χ1) is 8.84. The molecule has 0 aromatic rings. The van der Waals surface area contributed by atoms with E-state index < -0.39 is 11.9 Å². The molecule has 0 aromatic heterocycles. The number of hydrogen-bond acceptors (Lipinski definition) is 5. The lowest BCUT2D eigenvalue weighted by Gasteiger charge is -2.15. The molecule has 19 heavy (non-hydrogen) atoms. The minimum atomic E-state index is -0.633. The van der Waals surface area contributed by atoms with Crippen LogP contribution in [0.4, 0.5) is 0 Å². The van der Waals surface area contributed by atoms with E-state index in [4.69, 9.17) is 16.2 Å². The molecule has 0 aliphatic carbocycles. The Labute approximate surface area is 112 Å². The zero-order valence-corrected chi connectivity index (χ0v) is 11.3. The highest BCUT2D eigenvalue weighted by Crippen LogP contribution is 1.97. The molecule has 0 unspecified atom stereocenters. The smallest absolute Gasteiger partial charge is 0.243 e. The van der Waals surface area contributed by atoms with Crippen molar-refractivity contribution in [3.63, 3.8) is 0 Å². The predicted molar refractivity (Wildman–Crippen MR) is 68.8 cm³/mol. The van der Waals surface area contributed by atoms with Gasteiger partial charge in [0.1, 0.15) is 6.61 Å². The number of primary amides is 1. The molecule has 3 amide bonds. The fourth-order valence-corrected chi connectivity index (χ4v) is 1.09. The van der Waals surface area contributed by atoms with Crippen LogP contribution in [0.2, 0.25) is 0 Å². The second kappa shape index (κ2) is 9.29. The van der Waals surface area contributed by atoms with Crippen molar-refractivity contribution in [3.8, 4) is 0 Å². The van der Waals surface area contributed by atoms with Crippen molar-refractivity contribution >= 4 is 17.7 Å². The lowest BCUT2D eigenvalue weighted by Crippen LogP contribution is -2.47. The number of amides is 3. The second-order valence-electron chi connectivity index (χ2n) is 4.36. The minimum Gasteiger partial charge on any atom is -0.370 e. The average Bonchev–Trinajstić information content (AvgIpc) is 2.33. The Morgan fingerprint density at radius 3 is 2.37 bits per heavy atom. The summed E-state index contributed by atoms with van der Waals surface area (Å²) >= 11 is 0. The van der Waals surface area contributed by atoms with Crippen LogP contribution in [-0.2, 0) is 19.1 Å². The Morgan fingerprint density at radius 1 is 1.21 bits per heavy atom. The largest absolute Gasteiger partial charge is 0.370 e. The summed E-state index contributed by atoms with van der Waals surface area (Å²) in [6, 6.07) is -0.633. The quantitative estimate of drug-likeness (QED) is 0.351. The molecule has 1 atom stereocenters. The number of hydrogen-bond donors (Lipinski definition) is 4. The van der Waals surface area contributed by atoms with E-state index in [1.54, 1.807) is 0 Å². The van der Waals surface area contributed by atoms with Crippen LogP contribution in [0.15, 0.2) is 0 Å². The zero-order valence-electron chi connectivity index (χ0n) is 11.3. The van der Waals surface area contributed by atoms with Crippen molar-refractivity contribution in [3.05, 3.63) is 0 Å². The van der Waals surface area contributed by atoms with Gasteiger partial charge in [0.25, 0.3) is 0 Å². The van der Waals surface area contributed by atoms with E-state index in [1.165, 1.54) is 0 Å². The average molecular weight is 274 g/mol. The van der Waals surface area contributed by atoms with Crippen molar-refractivity contribution in [1.82, 2.24) is 10.6 Å². The SMILES string of the molecule is CC(C)[C@H](N)C(=O)NCC(=O)NCCOCC(N)=O. The number of nitrogens with two attached hydrogens (primary N) is 2. The highest BCUT2D eigenvalue weighted by Gasteiger charge is 2.17. The van der Waals surface area contributed by atoms with Gasteiger partial charge < -0.3 is 26.8 Å². The van der Waals surface area contributed by atoms with Crippen LogP contribution in [0.1, 0.15) is 13.8 Å². The Hall–Kier alpha value is -1.67. The molecule has 0 fully saturated rings. The van der Waals surface area contributed by atoms with E-state index in [1.807, 2.05) is 13.8 Å². The summed E-state index contributed by atoms with van der Waals surface area (Å²) in [4.78, 5) is 33.1. The van der Waals surface area contributed by atoms with Crippen LogP contribution in [-0.4, -0.2) is 50.1 Å². The van der Waals surface area contributed by atoms with Gasteiger partial charge in [-0.05, 0) is 5.92 Å². The van der Waals surface area contributed by atoms with E-state index in [0.717, 1.165) is 0 Å². The van der Waals surface area contributed by atoms with E-state index >= 15 is 0 Å². The third kappa shape index (κ3) is 8.97. The van der Waals surface area contributed by atoms with Crippen LogP contribution in [0.3, 0.4) is 0 Å². The van der Waals surface area contributed by atoms with Gasteiger partial charge in [-0.3, -0.25) is 14.4 Å². The van der Waals surface area contributed by atoms with Gasteiger partial charge in [0.15, 0.2) is 0 Å². The van der Waals surface area contributed by atoms with Gasteiger partial charge in [0.05, 0.1) is 19.2 Å². The molecule has 0 heterocycles. The number of rotatable bonds is 9. The molecule has 0 aromatic carbocycles. The van der Waals surface area contributed by atoms with Gasteiger partial charge >= 0.3 is 0 Å². The highest BCUT2D eigenvalue weighted by molar-refractivity contribution is 5.87. The third-order valence-electron chi connectivity index (χ3n) is 2.26. The topological polar surface area (TPSA) is 137 Å². The van der Waals surface area contributed by atoms with Crippen LogP contribution >= 0.6 is 0 Å². The first-order valence-electron chi connectivity index (χ1n) is 6.00. The van der Waals surface area contributed by atoms with Crippen LogP contribution in [0, 0.1) is 5.92 Å². The molecule has 0 rings (SSSR count). The second-order valence-corrected chi connectivity index (χ2v) is 4.36. The maximum absolute atomic E-state index is 11.4. The summed E-state index contributed by atoms with van der Waals surface area (Å²) in [5.74, 6) is -1.28. The fraction of sp³-hybridized carbons (Fsp3) is 0.727. The first-order valence-corrected chi connectivity index (χ1v) is 6.00. The molecule has 8 nitrogen and oxygen atoms in total. The summed E-state index contributed by atoms with van der Waals surface area (Å²) in [6.45, 7) is 3.72. The van der Waals surface area contributed by atoms with E-state index in [2.05, 4.69) is 10.6 Å². The van der Waals surface area contributed by atoms with Crippen molar-refractivity contribution in [1.29, 1.82) is 0 Å². The molecule has 0 spiro atoms. The third-order valence-corrected chi connectivity index (χ3v) is 2.26. The van der Waals surface area contributed by atoms with Gasteiger partial charge in [-0.15, -0.1) is 0 Å². The number of ether oxygens (including phenoxy) is 1. The first kappa shape index (κ1) is 17.3. The van der Waals surface area contributed by atoms with Crippen LogP contribution < -0.4 is 22.1 Å². The van der Waals surface area contributed by atoms with Gasteiger partial charge in [0.2, 0.25) is 17.7 Å². The molecule has 0 saturated carbocycles. The van der Waals surface area contributed by atoms with Gasteiger partial charge in [0, 0.05) is 6.54 Å². The molecule has 8 heteroatoms. The maximum atomic E-state index is 11.4. The number of nitrogens with one attached hydrogen (secondary N) is 2. The Balaban J connectivity index is 3.65. The van der Waals surface area contributed by atoms with Gasteiger partial charge in [-0.25, -0.2) is 0 Å². The normalized spacial score (nSPS) is 12.0. The van der Waals surface area contributed by atoms with E-state index in [9.17, 15) is 14.4 Å². The summed E-state index contributed by atoms with van der Waals surface area (Å²) in [7, 11) is 0. The van der Waals surface area contributed by atoms with Gasteiger partial charge in [-0.2, -0.15) is 0 Å². The molecule has 0 aliphatic heterocycles. The lowest BCUT2D eigenvalue weighted by atomic mass is 10.1. The molecular formula is C11H22N4O4. The molecule has 0 radical (unpaired) electrons. The fourth-order valence-electron chi connectivity index (χ4n) is 1.09. The van der Waals surface area contributed by atoms with E-state index in [0.29, 0.717) is 0 Å². The number of carbonyl (C=O) groups is 3. The summed E-state index contributed by atoms with van der Waals surface area (Å²) in [5.41, 5.74) is 10.5. The van der Waals surface area contributed by atoms with Crippen molar-refractivity contribution < 1.29 is 19.1 Å². The van der Waals surface area contributed by atoms with E-state index in [-0.39, 0.29) is 44.0 Å². The maximum Gasteiger partial charge on any atom is 0.243 e. The van der Waals surface area contributed by atoms with Crippen molar-refractivity contribution in [2.24, 2.45) is 17.4 Å². The number of carbonyl (C=O) groups excluding carboxylic acids is 3. The lowest BCUT2D eigenvalue weighted by molar-refractivity contribution is -0.127. The Kier molecular flexibility index (Phi) is 8.47. The standard InChI is InChI=1S/C11H22N4O4/c1-7(2)10(13)11(18)15-5-9(17)14-3-4-19-6-8(12)16/h7,10H,3-6,13H2,1-2H3,(H2,12,16)(H,14,17)(H,15,18)/t10-/m0/s1. The zero-order chi connectivity index (χ0) is 14.8. The molecule has 6 N–H and O–H groups in total. The van der Waals surface area contributed by atoms with Crippen molar-refractivity contribution in [2.75, 3.05) is 26.3 Å². The molecule has 110 valence electrons. The van der Waals surface area contributed by atoms with Crippen LogP contribution in [0.25, 0.3) is 0 Å². The molecule has 0 aliphatic rings. The monoisotopic (exact) mass is 274 g/mol. The minimum absolute atomic E-state index is 0.00487. The predicted octanol–water partition coefficient (Wildman–Crippen LogP) is -2.30. The summed E-state index contributed by atoms with van der Waals surface area (Å²) < 4.78 is 4.84. The summed E-state index contributed by atoms with van der Waals surface area (Å²) in [5, 5.41) is 4.94. The molecular weight excluding hydrogens is 252 g/mol. The van der Waals surface area contributed by atoms with Gasteiger partial charge in [-0.1, -0.05) is 13.8 Å². The molecule has 0 bridgehead atoms. The van der Waals surface area contributed by atoms with Crippen molar-refractivity contribution in [2.45, 2.75) is 19.9 Å². The summed E-state index contributed by atoms with van der Waals surface area (Å²) in [6.07, 6.45) is 0. The Bertz CT molecular complexity index is 320. The molecule has 0 saturated heterocycles. The Morgan fingerprint density at radius 2 is 1.84 bits per heavy atom.